The van der Waals surface area contributed by atoms with Gasteiger partial charge in [0.05, 0.1) is 12.2 Å². The van der Waals surface area contributed by atoms with Gasteiger partial charge in [-0.2, -0.15) is 0 Å². The zero-order chi connectivity index (χ0) is 18.4. The number of anilines is 1. The summed E-state index contributed by atoms with van der Waals surface area (Å²) in [5.41, 5.74) is 1.81. The van der Waals surface area contributed by atoms with Gasteiger partial charge in [0.2, 0.25) is 0 Å². The molecule has 0 saturated heterocycles. The largest absolute Gasteiger partial charge is 0.494 e. The number of ether oxygens (including phenoxy) is 2. The van der Waals surface area contributed by atoms with Crippen molar-refractivity contribution in [1.29, 1.82) is 0 Å². The summed E-state index contributed by atoms with van der Waals surface area (Å²) in [6, 6.07) is 11.7. The molecule has 0 aliphatic rings. The van der Waals surface area contributed by atoms with E-state index in [-0.39, 0.29) is 0 Å². The molecule has 0 aromatic heterocycles. The molecular formula is C19H20ClNO4. The summed E-state index contributed by atoms with van der Waals surface area (Å²) in [5.74, 6) is -0.340. The average molecular weight is 362 g/mol. The lowest BCUT2D eigenvalue weighted by Crippen LogP contribution is -2.30. The molecule has 0 aliphatic carbocycles. The molecule has 0 spiro atoms. The van der Waals surface area contributed by atoms with E-state index in [0.29, 0.717) is 28.6 Å². The summed E-state index contributed by atoms with van der Waals surface area (Å²) in [6.45, 7) is 5.81. The van der Waals surface area contributed by atoms with Crippen LogP contribution in [0.1, 0.15) is 29.8 Å². The second-order valence-electron chi connectivity index (χ2n) is 5.46. The van der Waals surface area contributed by atoms with Crippen molar-refractivity contribution in [2.24, 2.45) is 0 Å². The Bertz CT molecular complexity index is 759. The van der Waals surface area contributed by atoms with E-state index in [1.165, 1.54) is 6.92 Å². The molecule has 2 rings (SSSR count). The number of halogens is 1. The van der Waals surface area contributed by atoms with Crippen LogP contribution >= 0.6 is 11.6 Å². The van der Waals surface area contributed by atoms with Crippen LogP contribution in [0.25, 0.3) is 0 Å². The number of carbonyl (C=O) groups excluding carboxylic acids is 2. The Morgan fingerprint density at radius 1 is 1.16 bits per heavy atom. The van der Waals surface area contributed by atoms with E-state index in [0.717, 1.165) is 5.56 Å². The number of carbonyl (C=O) groups is 2. The first-order valence-corrected chi connectivity index (χ1v) is 8.29. The number of hydrogen-bond acceptors (Lipinski definition) is 4. The Kier molecular flexibility index (Phi) is 6.42. The third kappa shape index (κ3) is 5.22. The van der Waals surface area contributed by atoms with Crippen LogP contribution in [0.15, 0.2) is 42.5 Å². The van der Waals surface area contributed by atoms with Crippen molar-refractivity contribution >= 4 is 29.2 Å². The van der Waals surface area contributed by atoms with Crippen molar-refractivity contribution < 1.29 is 19.1 Å². The topological polar surface area (TPSA) is 64.6 Å². The van der Waals surface area contributed by atoms with Crippen LogP contribution in [-0.2, 0) is 9.53 Å². The SMILES string of the molecule is CCOc1ccc(C(=O)OC(C)C(=O)Nc2ccc(C)c(Cl)c2)cc1. The van der Waals surface area contributed by atoms with Gasteiger partial charge in [-0.25, -0.2) is 4.79 Å². The van der Waals surface area contributed by atoms with E-state index in [1.54, 1.807) is 42.5 Å². The van der Waals surface area contributed by atoms with Crippen LogP contribution in [0, 0.1) is 6.92 Å². The molecule has 1 amide bonds. The standard InChI is InChI=1S/C19H20ClNO4/c1-4-24-16-9-6-14(7-10-16)19(23)25-13(3)18(22)21-15-8-5-12(2)17(20)11-15/h5-11,13H,4H2,1-3H3,(H,21,22). The Morgan fingerprint density at radius 3 is 2.44 bits per heavy atom. The fraction of sp³-hybridized carbons (Fsp3) is 0.263. The normalized spacial score (nSPS) is 11.5. The molecule has 2 aromatic carbocycles. The van der Waals surface area contributed by atoms with Gasteiger partial charge in [-0.1, -0.05) is 17.7 Å². The second kappa shape index (κ2) is 8.53. The number of nitrogens with one attached hydrogen (secondary N) is 1. The molecule has 25 heavy (non-hydrogen) atoms. The molecule has 1 atom stereocenters. The van der Waals surface area contributed by atoms with Gasteiger partial charge in [-0.3, -0.25) is 4.79 Å². The first-order chi connectivity index (χ1) is 11.9. The lowest BCUT2D eigenvalue weighted by molar-refractivity contribution is -0.123. The van der Waals surface area contributed by atoms with Crippen molar-refractivity contribution in [3.05, 3.63) is 58.6 Å². The number of esters is 1. The molecule has 0 bridgehead atoms. The number of rotatable bonds is 6. The molecule has 0 radical (unpaired) electrons. The molecule has 132 valence electrons. The van der Waals surface area contributed by atoms with Crippen molar-refractivity contribution in [2.45, 2.75) is 26.9 Å². The quantitative estimate of drug-likeness (QED) is 0.782. The van der Waals surface area contributed by atoms with E-state index in [2.05, 4.69) is 5.32 Å². The minimum absolute atomic E-state index is 0.349. The van der Waals surface area contributed by atoms with E-state index in [4.69, 9.17) is 21.1 Å². The van der Waals surface area contributed by atoms with Crippen LogP contribution in [0.4, 0.5) is 5.69 Å². The predicted octanol–water partition coefficient (Wildman–Crippen LogP) is 4.23. The highest BCUT2D eigenvalue weighted by Gasteiger charge is 2.19. The Hall–Kier alpha value is -2.53. The number of benzene rings is 2. The lowest BCUT2D eigenvalue weighted by Gasteiger charge is -2.14. The van der Waals surface area contributed by atoms with Gasteiger partial charge in [0.25, 0.3) is 5.91 Å². The van der Waals surface area contributed by atoms with Crippen molar-refractivity contribution in [2.75, 3.05) is 11.9 Å². The van der Waals surface area contributed by atoms with Gasteiger partial charge in [0.15, 0.2) is 6.10 Å². The third-order valence-electron chi connectivity index (χ3n) is 3.49. The Morgan fingerprint density at radius 2 is 1.84 bits per heavy atom. The number of amides is 1. The van der Waals surface area contributed by atoms with Gasteiger partial charge in [0.1, 0.15) is 5.75 Å². The minimum Gasteiger partial charge on any atom is -0.494 e. The highest BCUT2D eigenvalue weighted by molar-refractivity contribution is 6.31. The summed E-state index contributed by atoms with van der Waals surface area (Å²) in [6.07, 6.45) is -0.945. The molecule has 0 saturated carbocycles. The Balaban J connectivity index is 1.95. The highest BCUT2D eigenvalue weighted by atomic mass is 35.5. The molecule has 0 fully saturated rings. The van der Waals surface area contributed by atoms with E-state index in [1.807, 2.05) is 13.8 Å². The minimum atomic E-state index is -0.945. The van der Waals surface area contributed by atoms with Crippen molar-refractivity contribution in [3.8, 4) is 5.75 Å². The van der Waals surface area contributed by atoms with Gasteiger partial charge in [-0.05, 0) is 62.7 Å². The molecule has 5 nitrogen and oxygen atoms in total. The number of hydrogen-bond donors (Lipinski definition) is 1. The maximum absolute atomic E-state index is 12.2. The maximum atomic E-state index is 12.2. The van der Waals surface area contributed by atoms with Crippen LogP contribution in [-0.4, -0.2) is 24.6 Å². The first kappa shape index (κ1) is 18.8. The average Bonchev–Trinajstić information content (AvgIpc) is 2.59. The Labute approximate surface area is 151 Å². The molecule has 2 aromatic rings. The van der Waals surface area contributed by atoms with Crippen LogP contribution in [0.2, 0.25) is 5.02 Å². The zero-order valence-corrected chi connectivity index (χ0v) is 15.1. The monoisotopic (exact) mass is 361 g/mol. The van der Waals surface area contributed by atoms with Gasteiger partial charge >= 0.3 is 5.97 Å². The maximum Gasteiger partial charge on any atom is 0.338 e. The first-order valence-electron chi connectivity index (χ1n) is 7.91. The van der Waals surface area contributed by atoms with Gasteiger partial charge in [-0.15, -0.1) is 0 Å². The van der Waals surface area contributed by atoms with Crippen LogP contribution in [0.3, 0.4) is 0 Å². The number of aryl methyl sites for hydroxylation is 1. The second-order valence-corrected chi connectivity index (χ2v) is 5.87. The summed E-state index contributed by atoms with van der Waals surface area (Å²) >= 11 is 6.03. The summed E-state index contributed by atoms with van der Waals surface area (Å²) in [5, 5.41) is 3.22. The molecule has 6 heteroatoms. The molecule has 1 unspecified atom stereocenters. The third-order valence-corrected chi connectivity index (χ3v) is 3.90. The van der Waals surface area contributed by atoms with Crippen molar-refractivity contribution in [1.82, 2.24) is 0 Å². The fourth-order valence-electron chi connectivity index (χ4n) is 2.05. The summed E-state index contributed by atoms with van der Waals surface area (Å²) in [4.78, 5) is 24.3. The van der Waals surface area contributed by atoms with E-state index >= 15 is 0 Å². The highest BCUT2D eigenvalue weighted by Crippen LogP contribution is 2.20. The van der Waals surface area contributed by atoms with Gasteiger partial charge < -0.3 is 14.8 Å². The van der Waals surface area contributed by atoms with Gasteiger partial charge in [0, 0.05) is 10.7 Å². The summed E-state index contributed by atoms with van der Waals surface area (Å²) in [7, 11) is 0. The molecule has 0 aliphatic heterocycles. The fourth-order valence-corrected chi connectivity index (χ4v) is 2.23. The van der Waals surface area contributed by atoms with E-state index in [9.17, 15) is 9.59 Å². The molecule has 0 heterocycles. The van der Waals surface area contributed by atoms with Crippen LogP contribution < -0.4 is 10.1 Å². The predicted molar refractivity (Wildman–Crippen MR) is 97.3 cm³/mol. The summed E-state index contributed by atoms with van der Waals surface area (Å²) < 4.78 is 10.5. The van der Waals surface area contributed by atoms with Crippen LogP contribution in [0.5, 0.6) is 5.75 Å². The van der Waals surface area contributed by atoms with E-state index < -0.39 is 18.0 Å². The van der Waals surface area contributed by atoms with Crippen molar-refractivity contribution in [3.63, 3.8) is 0 Å². The smallest absolute Gasteiger partial charge is 0.338 e. The lowest BCUT2D eigenvalue weighted by atomic mass is 10.2. The zero-order valence-electron chi connectivity index (χ0n) is 14.3. The molecular weight excluding hydrogens is 342 g/mol. The molecule has 1 N–H and O–H groups in total.